The Morgan fingerprint density at radius 3 is 2.88 bits per heavy atom. The summed E-state index contributed by atoms with van der Waals surface area (Å²) >= 11 is 1.72. The van der Waals surface area contributed by atoms with Gasteiger partial charge in [0.05, 0.1) is 23.9 Å². The molecule has 0 saturated heterocycles. The maximum atomic E-state index is 5.56. The number of hydrogen-bond donors (Lipinski definition) is 2. The number of aliphatic imine (C=N–C) groups is 1. The van der Waals surface area contributed by atoms with Gasteiger partial charge >= 0.3 is 0 Å². The summed E-state index contributed by atoms with van der Waals surface area (Å²) in [6.45, 7) is 8.89. The molecule has 1 aromatic carbocycles. The van der Waals surface area contributed by atoms with Gasteiger partial charge in [-0.25, -0.2) is 4.98 Å². The number of nitrogens with one attached hydrogen (secondary N) is 2. The minimum absolute atomic E-state index is 0.101. The molecule has 0 atom stereocenters. The Bertz CT molecular complexity index is 776. The molecule has 1 aromatic heterocycles. The normalized spacial score (nSPS) is 14.1. The zero-order valence-corrected chi connectivity index (χ0v) is 16.9. The van der Waals surface area contributed by atoms with Crippen molar-refractivity contribution in [2.75, 3.05) is 20.2 Å². The second-order valence-corrected chi connectivity index (χ2v) is 8.40. The van der Waals surface area contributed by atoms with Gasteiger partial charge in [0.15, 0.2) is 5.96 Å². The minimum Gasteiger partial charge on any atom is -0.493 e. The monoisotopic (exact) mass is 372 g/mol. The van der Waals surface area contributed by atoms with Crippen molar-refractivity contribution in [2.24, 2.45) is 4.99 Å². The molecule has 3 rings (SSSR count). The molecule has 0 aliphatic carbocycles. The molecule has 2 N–H and O–H groups in total. The Kier molecular flexibility index (Phi) is 5.81. The number of aromatic nitrogens is 1. The summed E-state index contributed by atoms with van der Waals surface area (Å²) in [7, 11) is 1.80. The second kappa shape index (κ2) is 8.08. The lowest BCUT2D eigenvalue weighted by atomic mass is 9.98. The summed E-state index contributed by atoms with van der Waals surface area (Å²) in [6.07, 6.45) is 1.98. The highest BCUT2D eigenvalue weighted by Crippen LogP contribution is 2.26. The summed E-state index contributed by atoms with van der Waals surface area (Å²) in [6, 6.07) is 6.48. The van der Waals surface area contributed by atoms with E-state index in [2.05, 4.69) is 60.0 Å². The van der Waals surface area contributed by atoms with Crippen molar-refractivity contribution in [3.63, 3.8) is 0 Å². The van der Waals surface area contributed by atoms with Gasteiger partial charge in [-0.2, -0.15) is 0 Å². The van der Waals surface area contributed by atoms with Crippen molar-refractivity contribution in [2.45, 2.75) is 45.6 Å². The molecule has 1 aliphatic rings. The van der Waals surface area contributed by atoms with E-state index in [0.717, 1.165) is 48.4 Å². The van der Waals surface area contributed by atoms with E-state index in [0.29, 0.717) is 6.54 Å². The zero-order valence-electron chi connectivity index (χ0n) is 16.1. The molecular formula is C20H28N4OS. The first-order valence-corrected chi connectivity index (χ1v) is 9.97. The summed E-state index contributed by atoms with van der Waals surface area (Å²) < 4.78 is 5.56. The Morgan fingerprint density at radius 1 is 1.31 bits per heavy atom. The number of hydrogen-bond acceptors (Lipinski definition) is 4. The molecule has 1 aliphatic heterocycles. The molecule has 0 saturated carbocycles. The largest absolute Gasteiger partial charge is 0.493 e. The molecule has 6 heteroatoms. The molecule has 0 spiro atoms. The van der Waals surface area contributed by atoms with Crippen LogP contribution in [0, 0.1) is 0 Å². The van der Waals surface area contributed by atoms with Gasteiger partial charge in [0, 0.05) is 30.8 Å². The lowest BCUT2D eigenvalue weighted by Gasteiger charge is -2.14. The summed E-state index contributed by atoms with van der Waals surface area (Å²) in [5.74, 6) is 1.84. The number of nitrogens with zero attached hydrogens (tertiary/aromatic N) is 2. The number of rotatable bonds is 5. The minimum atomic E-state index is 0.101. The molecule has 0 unspecified atom stereocenters. The standard InChI is InChI=1S/C20H28N4OS/c1-20(2,3)18-24-16(13-26-18)12-23-19(21-4)22-9-7-14-5-6-17-15(11-14)8-10-25-17/h5-6,11,13H,7-10,12H2,1-4H3,(H2,21,22,23). The van der Waals surface area contributed by atoms with E-state index >= 15 is 0 Å². The van der Waals surface area contributed by atoms with E-state index in [-0.39, 0.29) is 5.41 Å². The predicted molar refractivity (Wildman–Crippen MR) is 108 cm³/mol. The molecule has 2 heterocycles. The van der Waals surface area contributed by atoms with Crippen LogP contribution in [-0.4, -0.2) is 31.1 Å². The first kappa shape index (κ1) is 18.7. The predicted octanol–water partition coefficient (Wildman–Crippen LogP) is 3.28. The Balaban J connectivity index is 1.45. The van der Waals surface area contributed by atoms with Gasteiger partial charge in [0.1, 0.15) is 5.75 Å². The first-order chi connectivity index (χ1) is 12.5. The zero-order chi connectivity index (χ0) is 18.6. The van der Waals surface area contributed by atoms with E-state index in [9.17, 15) is 0 Å². The molecule has 0 radical (unpaired) electrons. The van der Waals surface area contributed by atoms with Crippen LogP contribution < -0.4 is 15.4 Å². The maximum absolute atomic E-state index is 5.56. The lowest BCUT2D eigenvalue weighted by molar-refractivity contribution is 0.357. The fraction of sp³-hybridized carbons (Fsp3) is 0.500. The Labute approximate surface area is 159 Å². The van der Waals surface area contributed by atoms with Crippen LogP contribution in [0.2, 0.25) is 0 Å². The van der Waals surface area contributed by atoms with Crippen molar-refractivity contribution in [3.8, 4) is 5.75 Å². The third kappa shape index (κ3) is 4.75. The second-order valence-electron chi connectivity index (χ2n) is 7.54. The van der Waals surface area contributed by atoms with Crippen LogP contribution in [0.15, 0.2) is 28.6 Å². The van der Waals surface area contributed by atoms with Crippen LogP contribution in [0.3, 0.4) is 0 Å². The molecule has 5 nitrogen and oxygen atoms in total. The molecule has 0 amide bonds. The SMILES string of the molecule is CN=C(NCCc1ccc2c(c1)CCO2)NCc1csc(C(C)(C)C)n1. The molecular weight excluding hydrogens is 344 g/mol. The van der Waals surface area contributed by atoms with E-state index < -0.39 is 0 Å². The highest BCUT2D eigenvalue weighted by molar-refractivity contribution is 7.09. The Hall–Kier alpha value is -2.08. The van der Waals surface area contributed by atoms with E-state index in [1.165, 1.54) is 11.1 Å². The quantitative estimate of drug-likeness (QED) is 0.625. The average Bonchev–Trinajstić information content (AvgIpc) is 3.26. The van der Waals surface area contributed by atoms with Crippen molar-refractivity contribution >= 4 is 17.3 Å². The number of benzene rings is 1. The molecule has 140 valence electrons. The summed E-state index contributed by atoms with van der Waals surface area (Å²) in [5, 5.41) is 10.0. The highest BCUT2D eigenvalue weighted by Gasteiger charge is 2.18. The smallest absolute Gasteiger partial charge is 0.191 e. The van der Waals surface area contributed by atoms with Gasteiger partial charge in [-0.3, -0.25) is 4.99 Å². The lowest BCUT2D eigenvalue weighted by Crippen LogP contribution is -2.38. The molecule has 26 heavy (non-hydrogen) atoms. The van der Waals surface area contributed by atoms with Crippen LogP contribution in [-0.2, 0) is 24.8 Å². The van der Waals surface area contributed by atoms with Gasteiger partial charge in [0.25, 0.3) is 0 Å². The Morgan fingerprint density at radius 2 is 2.15 bits per heavy atom. The number of guanidine groups is 1. The molecule has 2 aromatic rings. The fourth-order valence-electron chi connectivity index (χ4n) is 2.85. The topological polar surface area (TPSA) is 58.5 Å². The van der Waals surface area contributed by atoms with Crippen molar-refractivity contribution in [1.82, 2.24) is 15.6 Å². The van der Waals surface area contributed by atoms with E-state index in [1.54, 1.807) is 18.4 Å². The van der Waals surface area contributed by atoms with Gasteiger partial charge in [0.2, 0.25) is 0 Å². The van der Waals surface area contributed by atoms with Crippen molar-refractivity contribution in [3.05, 3.63) is 45.4 Å². The van der Waals surface area contributed by atoms with Crippen LogP contribution in [0.5, 0.6) is 5.75 Å². The third-order valence-electron chi connectivity index (χ3n) is 4.31. The van der Waals surface area contributed by atoms with Crippen molar-refractivity contribution < 1.29 is 4.74 Å². The van der Waals surface area contributed by atoms with Crippen LogP contribution in [0.1, 0.15) is 42.6 Å². The molecule has 0 bridgehead atoms. The van der Waals surface area contributed by atoms with Gasteiger partial charge in [-0.1, -0.05) is 32.9 Å². The maximum Gasteiger partial charge on any atom is 0.191 e. The van der Waals surface area contributed by atoms with E-state index in [4.69, 9.17) is 9.72 Å². The number of thiazole rings is 1. The van der Waals surface area contributed by atoms with Crippen LogP contribution in [0.25, 0.3) is 0 Å². The van der Waals surface area contributed by atoms with Gasteiger partial charge in [-0.05, 0) is 23.6 Å². The van der Waals surface area contributed by atoms with Crippen molar-refractivity contribution in [1.29, 1.82) is 0 Å². The van der Waals surface area contributed by atoms with Crippen LogP contribution in [0.4, 0.5) is 0 Å². The average molecular weight is 373 g/mol. The first-order valence-electron chi connectivity index (χ1n) is 9.10. The number of fused-ring (bicyclic) bond motifs is 1. The van der Waals surface area contributed by atoms with Gasteiger partial charge < -0.3 is 15.4 Å². The summed E-state index contributed by atoms with van der Waals surface area (Å²) in [5.41, 5.74) is 3.81. The highest BCUT2D eigenvalue weighted by atomic mass is 32.1. The third-order valence-corrected chi connectivity index (χ3v) is 5.63. The molecule has 0 fully saturated rings. The fourth-order valence-corrected chi connectivity index (χ4v) is 3.76. The van der Waals surface area contributed by atoms with Gasteiger partial charge in [-0.15, -0.1) is 11.3 Å². The summed E-state index contributed by atoms with van der Waals surface area (Å²) in [4.78, 5) is 9.01. The van der Waals surface area contributed by atoms with Crippen LogP contribution >= 0.6 is 11.3 Å². The van der Waals surface area contributed by atoms with E-state index in [1.807, 2.05) is 0 Å². The number of ether oxygens (including phenoxy) is 1.